The van der Waals surface area contributed by atoms with Crippen LogP contribution in [0, 0.1) is 0 Å². The van der Waals surface area contributed by atoms with Gasteiger partial charge in [-0.2, -0.15) is 5.10 Å². The molecule has 0 saturated carbocycles. The summed E-state index contributed by atoms with van der Waals surface area (Å²) in [6, 6.07) is 0.834. The standard InChI is InChI=1S/C21H35FN8O2/c1-27-4-2-17(29-7-5-28(6-8-29)15-3-9-32-13-15)16(12-27)25-21(31)18-19(23)26-30-11-14(22)10-24-20(18)30/h14-17,24H,2-13H2,1H3,(H2,23,26)(H,25,31). The molecule has 11 heteroatoms. The lowest BCUT2D eigenvalue weighted by atomic mass is 9.96. The minimum Gasteiger partial charge on any atom is -0.381 e. The molecule has 10 nitrogen and oxygen atoms in total. The van der Waals surface area contributed by atoms with E-state index in [0.717, 1.165) is 65.3 Å². The smallest absolute Gasteiger partial charge is 0.259 e. The number of nitrogens with two attached hydrogens (primary N) is 1. The molecule has 3 fully saturated rings. The number of piperazine rings is 1. The maximum Gasteiger partial charge on any atom is 0.259 e. The molecule has 5 rings (SSSR count). The Balaban J connectivity index is 1.26. The fraction of sp³-hybridized carbons (Fsp3) is 0.810. The molecular formula is C21H35FN8O2. The van der Waals surface area contributed by atoms with E-state index in [1.54, 1.807) is 0 Å². The molecule has 0 spiro atoms. The molecule has 0 radical (unpaired) electrons. The van der Waals surface area contributed by atoms with E-state index in [2.05, 4.69) is 37.5 Å². The fourth-order valence-electron chi connectivity index (χ4n) is 5.64. The van der Waals surface area contributed by atoms with Crippen molar-refractivity contribution in [2.45, 2.75) is 43.7 Å². The summed E-state index contributed by atoms with van der Waals surface area (Å²) in [7, 11) is 2.09. The number of likely N-dealkylation sites (tertiary alicyclic amines) is 1. The Morgan fingerprint density at radius 3 is 2.72 bits per heavy atom. The number of hydrogen-bond donors (Lipinski definition) is 3. The number of aromatic nitrogens is 2. The summed E-state index contributed by atoms with van der Waals surface area (Å²) in [6.07, 6.45) is 1.10. The Labute approximate surface area is 188 Å². The van der Waals surface area contributed by atoms with Crippen molar-refractivity contribution in [3.05, 3.63) is 5.56 Å². The van der Waals surface area contributed by atoms with Crippen molar-refractivity contribution in [3.8, 4) is 0 Å². The van der Waals surface area contributed by atoms with Gasteiger partial charge in [0.25, 0.3) is 5.91 Å². The number of likely N-dealkylation sites (N-methyl/N-ethyl adjacent to an activating group) is 1. The van der Waals surface area contributed by atoms with Gasteiger partial charge in [0.1, 0.15) is 17.6 Å². The number of ether oxygens (including phenoxy) is 1. The van der Waals surface area contributed by atoms with Crippen LogP contribution in [0.1, 0.15) is 23.2 Å². The second-order valence-electron chi connectivity index (χ2n) is 9.56. The first kappa shape index (κ1) is 21.9. The van der Waals surface area contributed by atoms with Crippen LogP contribution >= 0.6 is 0 Å². The molecule has 1 aromatic rings. The van der Waals surface area contributed by atoms with E-state index >= 15 is 0 Å². The Hall–Kier alpha value is -1.95. The lowest BCUT2D eigenvalue weighted by molar-refractivity contribution is 0.0271. The SMILES string of the molecule is CN1CCC(N2CCN(C3CCOC3)CC2)C(NC(=O)c2c(N)nn3c2NCC(F)C3)C1. The normalized spacial score (nSPS) is 32.4. The van der Waals surface area contributed by atoms with Crippen LogP contribution in [0.15, 0.2) is 0 Å². The van der Waals surface area contributed by atoms with E-state index in [1.165, 1.54) is 4.68 Å². The zero-order valence-corrected chi connectivity index (χ0v) is 18.8. The molecule has 4 atom stereocenters. The summed E-state index contributed by atoms with van der Waals surface area (Å²) >= 11 is 0. The number of amides is 1. The molecule has 178 valence electrons. The highest BCUT2D eigenvalue weighted by atomic mass is 19.1. The number of alkyl halides is 1. The van der Waals surface area contributed by atoms with Crippen LogP contribution in [0.3, 0.4) is 0 Å². The first-order chi connectivity index (χ1) is 15.5. The third kappa shape index (κ3) is 4.30. The van der Waals surface area contributed by atoms with Gasteiger partial charge in [-0.3, -0.25) is 14.6 Å². The molecule has 0 aliphatic carbocycles. The Bertz CT molecular complexity index is 821. The second kappa shape index (κ2) is 9.12. The summed E-state index contributed by atoms with van der Waals surface area (Å²) in [5, 5.41) is 10.4. The number of piperidine rings is 1. The monoisotopic (exact) mass is 450 g/mol. The van der Waals surface area contributed by atoms with Gasteiger partial charge < -0.3 is 26.0 Å². The predicted octanol–water partition coefficient (Wildman–Crippen LogP) is -0.562. The molecule has 4 unspecified atom stereocenters. The molecule has 4 aliphatic rings. The maximum absolute atomic E-state index is 13.7. The summed E-state index contributed by atoms with van der Waals surface area (Å²) in [4.78, 5) is 20.6. The number of rotatable bonds is 4. The predicted molar refractivity (Wildman–Crippen MR) is 120 cm³/mol. The molecule has 0 aromatic carbocycles. The minimum atomic E-state index is -1.04. The number of fused-ring (bicyclic) bond motifs is 1. The zero-order chi connectivity index (χ0) is 22.2. The van der Waals surface area contributed by atoms with Crippen LogP contribution in [-0.2, 0) is 11.3 Å². The molecule has 1 aromatic heterocycles. The van der Waals surface area contributed by atoms with Crippen LogP contribution in [0.2, 0.25) is 0 Å². The van der Waals surface area contributed by atoms with Gasteiger partial charge in [0.05, 0.1) is 19.2 Å². The number of carbonyl (C=O) groups is 1. The second-order valence-corrected chi connectivity index (χ2v) is 9.56. The molecule has 4 aliphatic heterocycles. The summed E-state index contributed by atoms with van der Waals surface area (Å²) in [5.41, 5.74) is 6.39. The molecule has 4 N–H and O–H groups in total. The first-order valence-electron chi connectivity index (χ1n) is 11.8. The lowest BCUT2D eigenvalue weighted by Gasteiger charge is -2.47. The van der Waals surface area contributed by atoms with Crippen molar-refractivity contribution in [3.63, 3.8) is 0 Å². The van der Waals surface area contributed by atoms with Crippen LogP contribution in [0.5, 0.6) is 0 Å². The number of halogens is 1. The highest BCUT2D eigenvalue weighted by molar-refractivity contribution is 6.03. The van der Waals surface area contributed by atoms with Crippen molar-refractivity contribution in [1.82, 2.24) is 29.8 Å². The Kier molecular flexibility index (Phi) is 6.24. The van der Waals surface area contributed by atoms with Crippen molar-refractivity contribution in [2.75, 3.05) is 77.1 Å². The number of nitrogens with one attached hydrogen (secondary N) is 2. The highest BCUT2D eigenvalue weighted by Gasteiger charge is 2.37. The topological polar surface area (TPSA) is 104 Å². The van der Waals surface area contributed by atoms with Crippen molar-refractivity contribution >= 4 is 17.5 Å². The van der Waals surface area contributed by atoms with E-state index in [-0.39, 0.29) is 36.9 Å². The quantitative estimate of drug-likeness (QED) is 0.561. The van der Waals surface area contributed by atoms with E-state index in [0.29, 0.717) is 17.4 Å². The molecule has 3 saturated heterocycles. The Morgan fingerprint density at radius 1 is 1.19 bits per heavy atom. The van der Waals surface area contributed by atoms with E-state index in [9.17, 15) is 9.18 Å². The van der Waals surface area contributed by atoms with Gasteiger partial charge >= 0.3 is 0 Å². The molecular weight excluding hydrogens is 415 g/mol. The summed E-state index contributed by atoms with van der Waals surface area (Å²) in [6.45, 7) is 7.89. The molecule has 5 heterocycles. The van der Waals surface area contributed by atoms with Gasteiger partial charge in [-0.1, -0.05) is 0 Å². The van der Waals surface area contributed by atoms with Gasteiger partial charge in [-0.15, -0.1) is 0 Å². The molecule has 32 heavy (non-hydrogen) atoms. The van der Waals surface area contributed by atoms with Crippen LogP contribution in [-0.4, -0.2) is 121 Å². The van der Waals surface area contributed by atoms with E-state index in [4.69, 9.17) is 10.5 Å². The zero-order valence-electron chi connectivity index (χ0n) is 18.8. The number of carbonyl (C=O) groups excluding carboxylic acids is 1. The van der Waals surface area contributed by atoms with Gasteiger partial charge in [-0.05, 0) is 26.4 Å². The maximum atomic E-state index is 13.7. The summed E-state index contributed by atoms with van der Waals surface area (Å²) in [5.74, 6) is 0.426. The third-order valence-corrected chi connectivity index (χ3v) is 7.40. The molecule has 0 bridgehead atoms. The number of hydrogen-bond acceptors (Lipinski definition) is 8. The van der Waals surface area contributed by atoms with E-state index in [1.807, 2.05) is 0 Å². The van der Waals surface area contributed by atoms with Crippen molar-refractivity contribution in [1.29, 1.82) is 0 Å². The average molecular weight is 451 g/mol. The van der Waals surface area contributed by atoms with Crippen LogP contribution in [0.25, 0.3) is 0 Å². The first-order valence-corrected chi connectivity index (χ1v) is 11.8. The van der Waals surface area contributed by atoms with Gasteiger partial charge in [0, 0.05) is 58.0 Å². The largest absolute Gasteiger partial charge is 0.381 e. The van der Waals surface area contributed by atoms with Crippen LogP contribution < -0.4 is 16.4 Å². The number of nitrogen functional groups attached to an aromatic ring is 1. The molecule has 1 amide bonds. The van der Waals surface area contributed by atoms with Crippen molar-refractivity contribution < 1.29 is 13.9 Å². The highest BCUT2D eigenvalue weighted by Crippen LogP contribution is 2.27. The average Bonchev–Trinajstić information content (AvgIpc) is 3.41. The summed E-state index contributed by atoms with van der Waals surface area (Å²) < 4.78 is 20.7. The number of anilines is 2. The van der Waals surface area contributed by atoms with Gasteiger partial charge in [-0.25, -0.2) is 9.07 Å². The minimum absolute atomic E-state index is 0.00456. The van der Waals surface area contributed by atoms with Crippen LogP contribution in [0.4, 0.5) is 16.0 Å². The third-order valence-electron chi connectivity index (χ3n) is 7.40. The lowest BCUT2D eigenvalue weighted by Crippen LogP contribution is -2.63. The van der Waals surface area contributed by atoms with Crippen molar-refractivity contribution in [2.24, 2.45) is 0 Å². The Morgan fingerprint density at radius 2 is 1.97 bits per heavy atom. The van der Waals surface area contributed by atoms with Gasteiger partial charge in [0.2, 0.25) is 0 Å². The number of nitrogens with zero attached hydrogens (tertiary/aromatic N) is 5. The van der Waals surface area contributed by atoms with Gasteiger partial charge in [0.15, 0.2) is 5.82 Å². The fourth-order valence-corrected chi connectivity index (χ4v) is 5.64. The van der Waals surface area contributed by atoms with E-state index < -0.39 is 6.17 Å².